The maximum absolute atomic E-state index is 13.9. The average molecular weight is 408 g/mol. The summed E-state index contributed by atoms with van der Waals surface area (Å²) in [5, 5.41) is 13.1. The minimum atomic E-state index is -0.806. The topological polar surface area (TPSA) is 91.2 Å². The van der Waals surface area contributed by atoms with E-state index in [2.05, 4.69) is 37.2 Å². The maximum atomic E-state index is 13.9. The number of halogens is 2. The zero-order valence-corrected chi connectivity index (χ0v) is 14.9. The second-order valence-electron chi connectivity index (χ2n) is 5.68. The fourth-order valence-corrected chi connectivity index (χ4v) is 3.15. The zero-order valence-electron chi connectivity index (χ0n) is 13.3. The molecule has 1 aliphatic rings. The van der Waals surface area contributed by atoms with Crippen LogP contribution in [-0.2, 0) is 0 Å². The molecule has 2 aromatic rings. The summed E-state index contributed by atoms with van der Waals surface area (Å²) in [5.41, 5.74) is 6.48. The highest BCUT2D eigenvalue weighted by atomic mass is 79.9. The number of anilines is 2. The number of para-hydroxylation sites is 1. The fraction of sp³-hybridized carbons (Fsp3) is 0.235. The highest BCUT2D eigenvalue weighted by Crippen LogP contribution is 2.22. The van der Waals surface area contributed by atoms with Gasteiger partial charge in [0, 0.05) is 12.2 Å². The van der Waals surface area contributed by atoms with Gasteiger partial charge in [0.1, 0.15) is 12.1 Å². The van der Waals surface area contributed by atoms with Gasteiger partial charge >= 0.3 is 0 Å². The average Bonchev–Trinajstić information content (AvgIpc) is 2.58. The molecule has 2 aromatic carbocycles. The number of carbonyl (C=O) groups is 1. The van der Waals surface area contributed by atoms with Gasteiger partial charge in [-0.25, -0.2) is 4.39 Å². The van der Waals surface area contributed by atoms with Crippen molar-refractivity contribution in [2.24, 2.45) is 5.73 Å². The summed E-state index contributed by atoms with van der Waals surface area (Å²) in [6, 6.07) is 14.1. The van der Waals surface area contributed by atoms with Crippen molar-refractivity contribution >= 4 is 33.2 Å². The minimum absolute atomic E-state index is 0.0188. The molecule has 3 rings (SSSR count). The highest BCUT2D eigenvalue weighted by Gasteiger charge is 2.29. The van der Waals surface area contributed by atoms with E-state index in [1.54, 1.807) is 6.07 Å². The van der Waals surface area contributed by atoms with E-state index in [4.69, 9.17) is 5.73 Å². The monoisotopic (exact) mass is 407 g/mol. The van der Waals surface area contributed by atoms with Gasteiger partial charge in [-0.1, -0.05) is 40.2 Å². The summed E-state index contributed by atoms with van der Waals surface area (Å²) in [6.07, 6.45) is -0.443. The van der Waals surface area contributed by atoms with Gasteiger partial charge in [-0.2, -0.15) is 0 Å². The van der Waals surface area contributed by atoms with Gasteiger partial charge in [-0.15, -0.1) is 0 Å². The molecule has 25 heavy (non-hydrogen) atoms. The van der Waals surface area contributed by atoms with Gasteiger partial charge in [0.2, 0.25) is 0 Å². The predicted octanol–water partition coefficient (Wildman–Crippen LogP) is 2.01. The summed E-state index contributed by atoms with van der Waals surface area (Å²) >= 11 is 3.58. The molecule has 8 heteroatoms. The van der Waals surface area contributed by atoms with E-state index in [0.717, 1.165) is 5.69 Å². The van der Waals surface area contributed by atoms with Crippen LogP contribution in [0.1, 0.15) is 10.4 Å². The molecule has 1 fully saturated rings. The molecule has 0 aliphatic carbocycles. The van der Waals surface area contributed by atoms with Crippen molar-refractivity contribution in [3.63, 3.8) is 0 Å². The van der Waals surface area contributed by atoms with Gasteiger partial charge in [0.05, 0.1) is 22.2 Å². The number of nitrogens with two attached hydrogens (primary N) is 1. The van der Waals surface area contributed by atoms with Gasteiger partial charge in [0.25, 0.3) is 5.91 Å². The Hall–Kier alpha value is -2.16. The summed E-state index contributed by atoms with van der Waals surface area (Å²) in [6.45, 7) is 0.663. The lowest BCUT2D eigenvalue weighted by Gasteiger charge is -2.37. The Morgan fingerprint density at radius 3 is 2.64 bits per heavy atom. The number of primary amides is 1. The summed E-state index contributed by atoms with van der Waals surface area (Å²) < 4.78 is 13.9. The molecule has 1 saturated heterocycles. The van der Waals surface area contributed by atoms with Crippen molar-refractivity contribution < 1.29 is 9.18 Å². The lowest BCUT2D eigenvalue weighted by molar-refractivity contribution is 0.0997. The first kappa shape index (κ1) is 17.7. The Morgan fingerprint density at radius 2 is 1.92 bits per heavy atom. The first-order chi connectivity index (χ1) is 12.0. The summed E-state index contributed by atoms with van der Waals surface area (Å²) in [7, 11) is 0. The molecule has 0 radical (unpaired) electrons. The molecule has 1 aliphatic heterocycles. The van der Waals surface area contributed by atoms with Crippen molar-refractivity contribution in [2.75, 3.05) is 17.2 Å². The Bertz CT molecular complexity index is 745. The van der Waals surface area contributed by atoms with Crippen molar-refractivity contribution in [1.82, 2.24) is 10.6 Å². The van der Waals surface area contributed by atoms with Crippen molar-refractivity contribution in [1.29, 1.82) is 0 Å². The van der Waals surface area contributed by atoms with Crippen LogP contribution >= 0.6 is 15.9 Å². The molecule has 1 heterocycles. The Labute approximate surface area is 153 Å². The Balaban J connectivity index is 1.73. The third-order valence-corrected chi connectivity index (χ3v) is 4.73. The quantitative estimate of drug-likeness (QED) is 0.489. The molecular weight excluding hydrogens is 389 g/mol. The van der Waals surface area contributed by atoms with Crippen LogP contribution in [0, 0.1) is 5.82 Å². The van der Waals surface area contributed by atoms with Gasteiger partial charge in [-0.3, -0.25) is 15.4 Å². The zero-order chi connectivity index (χ0) is 17.8. The van der Waals surface area contributed by atoms with Crippen LogP contribution in [0.15, 0.2) is 48.5 Å². The van der Waals surface area contributed by atoms with E-state index >= 15 is 0 Å². The van der Waals surface area contributed by atoms with Gasteiger partial charge in [0.15, 0.2) is 0 Å². The van der Waals surface area contributed by atoms with Crippen molar-refractivity contribution in [2.45, 2.75) is 17.3 Å². The first-order valence-electron chi connectivity index (χ1n) is 7.84. The molecule has 6 N–H and O–H groups in total. The van der Waals surface area contributed by atoms with Crippen molar-refractivity contribution in [3.8, 4) is 0 Å². The number of benzene rings is 2. The lowest BCUT2D eigenvalue weighted by atomic mass is 10.1. The van der Waals surface area contributed by atoms with E-state index in [0.29, 0.717) is 12.2 Å². The molecule has 1 amide bonds. The third kappa shape index (κ3) is 4.28. The second kappa shape index (κ2) is 7.81. The van der Waals surface area contributed by atoms with E-state index < -0.39 is 11.7 Å². The molecule has 0 saturated carbocycles. The SMILES string of the molecule is NC(=O)c1c(F)cccc1NC1NC(Nc2ccccc2)NCC1Br. The number of carbonyl (C=O) groups excluding carboxylic acids is 1. The summed E-state index contributed by atoms with van der Waals surface area (Å²) in [5.74, 6) is -1.45. The van der Waals surface area contributed by atoms with Crippen molar-refractivity contribution in [3.05, 3.63) is 59.9 Å². The number of hydrogen-bond acceptors (Lipinski definition) is 5. The molecule has 0 bridgehead atoms. The number of alkyl halides is 1. The lowest BCUT2D eigenvalue weighted by Crippen LogP contribution is -2.64. The first-order valence-corrected chi connectivity index (χ1v) is 8.76. The molecular formula is C17H19BrFN5O. The number of nitrogens with one attached hydrogen (secondary N) is 4. The number of hydrogen-bond donors (Lipinski definition) is 5. The largest absolute Gasteiger partial charge is 0.368 e. The highest BCUT2D eigenvalue weighted by molar-refractivity contribution is 9.09. The van der Waals surface area contributed by atoms with Crippen LogP contribution in [0.3, 0.4) is 0 Å². The third-order valence-electron chi connectivity index (χ3n) is 3.88. The van der Waals surface area contributed by atoms with Gasteiger partial charge < -0.3 is 16.4 Å². The fourth-order valence-electron chi connectivity index (χ4n) is 2.68. The summed E-state index contributed by atoms with van der Waals surface area (Å²) in [4.78, 5) is 11.6. The molecule has 0 aromatic heterocycles. The normalized spacial score (nSPS) is 23.0. The van der Waals surface area contributed by atoms with Crippen LogP contribution in [0.25, 0.3) is 0 Å². The molecule has 6 nitrogen and oxygen atoms in total. The maximum Gasteiger partial charge on any atom is 0.253 e. The molecule has 0 spiro atoms. The van der Waals surface area contributed by atoms with Crippen LogP contribution in [0.4, 0.5) is 15.8 Å². The van der Waals surface area contributed by atoms with Gasteiger partial charge in [-0.05, 0) is 24.3 Å². The number of amides is 1. The van der Waals surface area contributed by atoms with Crippen LogP contribution in [0.5, 0.6) is 0 Å². The van der Waals surface area contributed by atoms with E-state index in [-0.39, 0.29) is 22.8 Å². The second-order valence-corrected chi connectivity index (χ2v) is 6.86. The predicted molar refractivity (Wildman–Crippen MR) is 100 cm³/mol. The van der Waals surface area contributed by atoms with Crippen LogP contribution in [0.2, 0.25) is 0 Å². The van der Waals surface area contributed by atoms with E-state index in [1.807, 2.05) is 30.3 Å². The van der Waals surface area contributed by atoms with E-state index in [1.165, 1.54) is 12.1 Å². The standard InChI is InChI=1S/C17H19BrFN5O/c18-11-9-21-17(22-10-5-2-1-3-6-10)24-16(11)23-13-8-4-7-12(19)14(13)15(20)25/h1-8,11,16-17,21-24H,9H2,(H2,20,25). The minimum Gasteiger partial charge on any atom is -0.368 e. The Morgan fingerprint density at radius 1 is 1.16 bits per heavy atom. The van der Waals surface area contributed by atoms with Crippen LogP contribution in [-0.4, -0.2) is 29.7 Å². The molecule has 3 atom stereocenters. The molecule has 3 unspecified atom stereocenters. The van der Waals surface area contributed by atoms with Crippen LogP contribution < -0.4 is 27.0 Å². The Kier molecular flexibility index (Phi) is 5.52. The smallest absolute Gasteiger partial charge is 0.253 e. The van der Waals surface area contributed by atoms with E-state index in [9.17, 15) is 9.18 Å². The number of rotatable bonds is 5. The molecule has 132 valence electrons.